The van der Waals surface area contributed by atoms with Gasteiger partial charge in [0, 0.05) is 19.0 Å². The van der Waals surface area contributed by atoms with Crippen LogP contribution in [0.3, 0.4) is 0 Å². The molecule has 9 heteroatoms. The minimum Gasteiger partial charge on any atom is -0.444 e. The van der Waals surface area contributed by atoms with Crippen molar-refractivity contribution in [2.75, 3.05) is 13.1 Å². The van der Waals surface area contributed by atoms with Gasteiger partial charge in [0.25, 0.3) is 0 Å². The Morgan fingerprint density at radius 2 is 2.04 bits per heavy atom. The highest BCUT2D eigenvalue weighted by molar-refractivity contribution is 9.11. The molecule has 1 fully saturated rings. The summed E-state index contributed by atoms with van der Waals surface area (Å²) >= 11 is 11.2. The van der Waals surface area contributed by atoms with Crippen molar-refractivity contribution in [1.29, 1.82) is 0 Å². The van der Waals surface area contributed by atoms with Crippen molar-refractivity contribution >= 4 is 49.9 Å². The average molecular weight is 422 g/mol. The van der Waals surface area contributed by atoms with Crippen molar-refractivity contribution in [2.24, 2.45) is 0 Å². The van der Waals surface area contributed by atoms with E-state index >= 15 is 0 Å². The van der Waals surface area contributed by atoms with Crippen molar-refractivity contribution in [2.45, 2.75) is 45.1 Å². The van der Waals surface area contributed by atoms with E-state index in [1.165, 1.54) is 11.3 Å². The summed E-state index contributed by atoms with van der Waals surface area (Å²) in [6.45, 7) is 6.93. The Bertz CT molecular complexity index is 731. The van der Waals surface area contributed by atoms with Gasteiger partial charge in [-0.15, -0.1) is 5.10 Å². The van der Waals surface area contributed by atoms with Crippen LogP contribution in [0.25, 0.3) is 4.96 Å². The SMILES string of the molecule is CC(C)(C)OC(=O)N1CCC(c2nc3sc(Br)nn3c2Cl)CC1. The molecule has 23 heavy (non-hydrogen) atoms. The molecule has 0 aromatic carbocycles. The van der Waals surface area contributed by atoms with Crippen LogP contribution in [0, 0.1) is 0 Å². The Morgan fingerprint density at radius 3 is 2.61 bits per heavy atom. The molecule has 2 aromatic rings. The number of likely N-dealkylation sites (tertiary alicyclic amines) is 1. The summed E-state index contributed by atoms with van der Waals surface area (Å²) in [6, 6.07) is 0. The number of hydrogen-bond donors (Lipinski definition) is 0. The van der Waals surface area contributed by atoms with Crippen molar-refractivity contribution < 1.29 is 9.53 Å². The largest absolute Gasteiger partial charge is 0.444 e. The van der Waals surface area contributed by atoms with Gasteiger partial charge in [-0.25, -0.2) is 9.78 Å². The molecular formula is C14H18BrClN4O2S. The predicted molar refractivity (Wildman–Crippen MR) is 93.4 cm³/mol. The number of amides is 1. The molecule has 0 aliphatic carbocycles. The van der Waals surface area contributed by atoms with Crippen LogP contribution in [0.1, 0.15) is 45.2 Å². The fourth-order valence-electron chi connectivity index (χ4n) is 2.64. The average Bonchev–Trinajstić information content (AvgIpc) is 2.95. The number of piperidine rings is 1. The zero-order chi connectivity index (χ0) is 16.8. The first-order chi connectivity index (χ1) is 10.7. The Balaban J connectivity index is 1.67. The fraction of sp³-hybridized carbons (Fsp3) is 0.643. The standard InChI is InChI=1S/C14H18BrClN4O2S/c1-14(2,3)22-13(21)19-6-4-8(5-7-19)9-10(16)20-12(17-9)23-11(15)18-20/h8H,4-7H2,1-3H3. The third kappa shape index (κ3) is 3.64. The number of fused-ring (bicyclic) bond motifs is 1. The van der Waals surface area contributed by atoms with Crippen LogP contribution >= 0.6 is 38.9 Å². The van der Waals surface area contributed by atoms with Gasteiger partial charge in [0.05, 0.1) is 5.69 Å². The van der Waals surface area contributed by atoms with Gasteiger partial charge in [-0.05, 0) is 49.5 Å². The molecule has 3 heterocycles. The number of hydrogen-bond acceptors (Lipinski definition) is 5. The van der Waals surface area contributed by atoms with Gasteiger partial charge >= 0.3 is 6.09 Å². The van der Waals surface area contributed by atoms with Crippen molar-refractivity contribution in [3.05, 3.63) is 14.8 Å². The van der Waals surface area contributed by atoms with Crippen LogP contribution in [0.5, 0.6) is 0 Å². The zero-order valence-electron chi connectivity index (χ0n) is 13.2. The molecule has 1 amide bonds. The Kier molecular flexibility index (Phi) is 4.59. The lowest BCUT2D eigenvalue weighted by Crippen LogP contribution is -2.41. The Morgan fingerprint density at radius 1 is 1.39 bits per heavy atom. The molecule has 0 N–H and O–H groups in total. The first-order valence-corrected chi connectivity index (χ1v) is 9.42. The summed E-state index contributed by atoms with van der Waals surface area (Å²) in [5.74, 6) is 0.244. The molecule has 6 nitrogen and oxygen atoms in total. The van der Waals surface area contributed by atoms with E-state index in [0.717, 1.165) is 27.4 Å². The lowest BCUT2D eigenvalue weighted by molar-refractivity contribution is 0.0204. The first kappa shape index (κ1) is 17.0. The highest BCUT2D eigenvalue weighted by Crippen LogP contribution is 2.35. The van der Waals surface area contributed by atoms with Gasteiger partial charge in [0.2, 0.25) is 4.96 Å². The molecule has 1 aliphatic rings. The molecule has 0 saturated carbocycles. The van der Waals surface area contributed by atoms with Crippen molar-refractivity contribution in [3.8, 4) is 0 Å². The number of carbonyl (C=O) groups excluding carboxylic acids is 1. The summed E-state index contributed by atoms with van der Waals surface area (Å²) in [4.78, 5) is 19.3. The van der Waals surface area contributed by atoms with E-state index in [0.29, 0.717) is 18.2 Å². The van der Waals surface area contributed by atoms with E-state index in [4.69, 9.17) is 16.3 Å². The highest BCUT2D eigenvalue weighted by Gasteiger charge is 2.30. The maximum atomic E-state index is 12.1. The van der Waals surface area contributed by atoms with Gasteiger partial charge in [0.15, 0.2) is 9.07 Å². The van der Waals surface area contributed by atoms with Gasteiger partial charge in [-0.2, -0.15) is 4.52 Å². The summed E-state index contributed by atoms with van der Waals surface area (Å²) in [6.07, 6.45) is 1.40. The Hall–Kier alpha value is -0.860. The highest BCUT2D eigenvalue weighted by atomic mass is 79.9. The third-order valence-electron chi connectivity index (χ3n) is 3.68. The van der Waals surface area contributed by atoms with Gasteiger partial charge in [-0.3, -0.25) is 0 Å². The number of rotatable bonds is 1. The smallest absolute Gasteiger partial charge is 0.410 e. The monoisotopic (exact) mass is 420 g/mol. The third-order valence-corrected chi connectivity index (χ3v) is 5.38. The number of halogens is 2. The number of carbonyl (C=O) groups is 1. The molecule has 126 valence electrons. The van der Waals surface area contributed by atoms with Crippen molar-refractivity contribution in [1.82, 2.24) is 19.5 Å². The van der Waals surface area contributed by atoms with E-state index in [9.17, 15) is 4.79 Å². The first-order valence-electron chi connectivity index (χ1n) is 7.43. The van der Waals surface area contributed by atoms with Crippen LogP contribution in [0.2, 0.25) is 5.15 Å². The van der Waals surface area contributed by atoms with Gasteiger partial charge in [0.1, 0.15) is 5.60 Å². The molecule has 1 saturated heterocycles. The van der Waals surface area contributed by atoms with Gasteiger partial charge in [-0.1, -0.05) is 22.9 Å². The van der Waals surface area contributed by atoms with E-state index in [1.807, 2.05) is 20.8 Å². The maximum absolute atomic E-state index is 12.1. The van der Waals surface area contributed by atoms with E-state index in [-0.39, 0.29) is 12.0 Å². The molecule has 0 radical (unpaired) electrons. The molecule has 0 spiro atoms. The topological polar surface area (TPSA) is 59.7 Å². The number of ether oxygens (including phenoxy) is 1. The Labute approximate surface area is 151 Å². The molecule has 0 unspecified atom stereocenters. The second-order valence-electron chi connectivity index (χ2n) is 6.58. The second-order valence-corrected chi connectivity index (χ2v) is 9.17. The minimum atomic E-state index is -0.468. The second kappa shape index (κ2) is 6.22. The van der Waals surface area contributed by atoms with Crippen LogP contribution in [-0.2, 0) is 4.74 Å². The van der Waals surface area contributed by atoms with Crippen LogP contribution in [-0.4, -0.2) is 44.3 Å². The zero-order valence-corrected chi connectivity index (χ0v) is 16.3. The maximum Gasteiger partial charge on any atom is 0.410 e. The molecular weight excluding hydrogens is 404 g/mol. The predicted octanol–water partition coefficient (Wildman–Crippen LogP) is 4.32. The number of nitrogens with zero attached hydrogens (tertiary/aromatic N) is 4. The molecule has 3 rings (SSSR count). The number of imidazole rings is 1. The summed E-state index contributed by atoms with van der Waals surface area (Å²) in [7, 11) is 0. The van der Waals surface area contributed by atoms with Crippen LogP contribution < -0.4 is 0 Å². The molecule has 1 aliphatic heterocycles. The molecule has 0 atom stereocenters. The van der Waals surface area contributed by atoms with Crippen molar-refractivity contribution in [3.63, 3.8) is 0 Å². The van der Waals surface area contributed by atoms with Crippen LogP contribution in [0.15, 0.2) is 3.92 Å². The minimum absolute atomic E-state index is 0.244. The quantitative estimate of drug-likeness (QED) is 0.688. The van der Waals surface area contributed by atoms with E-state index in [2.05, 4.69) is 26.0 Å². The summed E-state index contributed by atoms with van der Waals surface area (Å²) < 4.78 is 7.83. The summed E-state index contributed by atoms with van der Waals surface area (Å²) in [5.41, 5.74) is 0.409. The number of aromatic nitrogens is 3. The normalized spacial score (nSPS) is 17.0. The van der Waals surface area contributed by atoms with Gasteiger partial charge < -0.3 is 9.64 Å². The lowest BCUT2D eigenvalue weighted by atomic mass is 9.94. The van der Waals surface area contributed by atoms with E-state index < -0.39 is 5.60 Å². The van der Waals surface area contributed by atoms with Crippen LogP contribution in [0.4, 0.5) is 4.79 Å². The lowest BCUT2D eigenvalue weighted by Gasteiger charge is -2.33. The fourth-order valence-corrected chi connectivity index (χ4v) is 4.23. The molecule has 0 bridgehead atoms. The summed E-state index contributed by atoms with van der Waals surface area (Å²) in [5, 5.41) is 4.85. The molecule has 2 aromatic heterocycles. The van der Waals surface area contributed by atoms with E-state index in [1.54, 1.807) is 9.42 Å².